The number of urea groups is 1. The van der Waals surface area contributed by atoms with Gasteiger partial charge in [0.05, 0.1) is 25.0 Å². The molecule has 2 aliphatic heterocycles. The molecule has 2 bridgehead atoms. The van der Waals surface area contributed by atoms with E-state index in [0.29, 0.717) is 25.3 Å². The first-order valence-electron chi connectivity index (χ1n) is 8.69. The Morgan fingerprint density at radius 1 is 1.35 bits per heavy atom. The van der Waals surface area contributed by atoms with Gasteiger partial charge in [-0.2, -0.15) is 0 Å². The van der Waals surface area contributed by atoms with Crippen LogP contribution in [-0.2, 0) is 6.54 Å². The number of pyridine rings is 1. The van der Waals surface area contributed by atoms with Crippen molar-refractivity contribution in [3.63, 3.8) is 0 Å². The molecule has 2 amide bonds. The van der Waals surface area contributed by atoms with Crippen LogP contribution in [0.15, 0.2) is 42.7 Å². The minimum atomic E-state index is -0.311. The molecule has 2 atom stereocenters. The zero-order valence-electron chi connectivity index (χ0n) is 14.6. The first kappa shape index (κ1) is 16.6. The predicted molar refractivity (Wildman–Crippen MR) is 95.7 cm³/mol. The Labute approximate surface area is 151 Å². The Kier molecular flexibility index (Phi) is 4.36. The number of ether oxygens (including phenoxy) is 1. The Bertz CT molecular complexity index is 816. The van der Waals surface area contributed by atoms with Crippen molar-refractivity contribution in [2.24, 2.45) is 0 Å². The summed E-state index contributed by atoms with van der Waals surface area (Å²) in [6.45, 7) is 1.71. The number of fused-ring (bicyclic) bond motifs is 2. The van der Waals surface area contributed by atoms with Crippen molar-refractivity contribution in [1.29, 1.82) is 0 Å². The molecule has 26 heavy (non-hydrogen) atoms. The summed E-state index contributed by atoms with van der Waals surface area (Å²) < 4.78 is 19.2. The summed E-state index contributed by atoms with van der Waals surface area (Å²) in [6.07, 6.45) is 3.71. The minimum Gasteiger partial charge on any atom is -0.497 e. The summed E-state index contributed by atoms with van der Waals surface area (Å²) in [6, 6.07) is 9.52. The van der Waals surface area contributed by atoms with Gasteiger partial charge in [0.25, 0.3) is 0 Å². The van der Waals surface area contributed by atoms with Gasteiger partial charge in [-0.3, -0.25) is 4.98 Å². The molecule has 2 aliphatic rings. The average Bonchev–Trinajstić information content (AvgIpc) is 3.27. The van der Waals surface area contributed by atoms with Crippen LogP contribution in [-0.4, -0.2) is 48.2 Å². The molecule has 0 unspecified atom stereocenters. The number of benzene rings is 1. The Balaban J connectivity index is 1.36. The molecule has 2 fully saturated rings. The van der Waals surface area contributed by atoms with E-state index in [2.05, 4.69) is 10.3 Å². The number of hydrogen-bond acceptors (Lipinski definition) is 4. The number of amides is 2. The fraction of sp³-hybridized carbons (Fsp3) is 0.368. The number of hydrogen-bond donors (Lipinski definition) is 1. The first-order chi connectivity index (χ1) is 12.7. The number of methoxy groups -OCH3 is 1. The summed E-state index contributed by atoms with van der Waals surface area (Å²) in [7, 11) is 1.62. The van der Waals surface area contributed by atoms with E-state index in [-0.39, 0.29) is 23.9 Å². The van der Waals surface area contributed by atoms with Crippen molar-refractivity contribution >= 4 is 11.7 Å². The summed E-state index contributed by atoms with van der Waals surface area (Å²) in [5, 5.41) is 2.97. The molecule has 1 N–H and O–H groups in total. The van der Waals surface area contributed by atoms with Crippen LogP contribution in [0.1, 0.15) is 12.0 Å². The first-order valence-corrected chi connectivity index (χ1v) is 8.69. The number of aromatic nitrogens is 1. The molecule has 7 heteroatoms. The van der Waals surface area contributed by atoms with Crippen molar-refractivity contribution in [3.8, 4) is 5.75 Å². The lowest BCUT2D eigenvalue weighted by molar-refractivity contribution is 0.188. The molecular weight excluding hydrogens is 335 g/mol. The molecule has 2 aromatic rings. The van der Waals surface area contributed by atoms with Crippen LogP contribution in [0.4, 0.5) is 14.9 Å². The number of nitrogens with one attached hydrogen (secondary N) is 1. The number of halogens is 1. The highest BCUT2D eigenvalue weighted by Crippen LogP contribution is 2.35. The molecule has 0 spiro atoms. The molecule has 0 aliphatic carbocycles. The van der Waals surface area contributed by atoms with Crippen LogP contribution in [0.5, 0.6) is 5.75 Å². The van der Waals surface area contributed by atoms with Crippen LogP contribution in [0.25, 0.3) is 0 Å². The van der Waals surface area contributed by atoms with Crippen molar-refractivity contribution in [2.45, 2.75) is 25.0 Å². The summed E-state index contributed by atoms with van der Waals surface area (Å²) in [5.41, 5.74) is 1.56. The van der Waals surface area contributed by atoms with Gasteiger partial charge in [0, 0.05) is 31.9 Å². The van der Waals surface area contributed by atoms with Crippen LogP contribution in [0, 0.1) is 5.82 Å². The van der Waals surface area contributed by atoms with Crippen molar-refractivity contribution in [2.75, 3.05) is 25.1 Å². The molecule has 1 aromatic carbocycles. The van der Waals surface area contributed by atoms with Gasteiger partial charge in [-0.25, -0.2) is 9.18 Å². The molecule has 0 saturated carbocycles. The van der Waals surface area contributed by atoms with E-state index in [0.717, 1.165) is 17.7 Å². The quantitative estimate of drug-likeness (QED) is 0.914. The molecule has 6 nitrogen and oxygen atoms in total. The van der Waals surface area contributed by atoms with Gasteiger partial charge >= 0.3 is 6.03 Å². The standard InChI is InChI=1S/C19H21FN4O2/c1-26-16-4-2-3-13(7-16)9-22-19(25)24-12-14-8-15(24)11-23(14)18-5-6-21-10-17(18)20/h2-7,10,14-15H,8-9,11-12H2,1H3,(H,22,25)/t14-,15-/m0/s1. The molecular formula is C19H21FN4O2. The third-order valence-corrected chi connectivity index (χ3v) is 5.14. The van der Waals surface area contributed by atoms with Gasteiger partial charge in [-0.1, -0.05) is 12.1 Å². The predicted octanol–water partition coefficient (Wildman–Crippen LogP) is 2.40. The number of anilines is 1. The SMILES string of the molecule is COc1cccc(CNC(=O)N2C[C@@H]3C[C@H]2CN3c2ccncc2F)c1. The van der Waals surface area contributed by atoms with Crippen LogP contribution in [0.3, 0.4) is 0 Å². The lowest BCUT2D eigenvalue weighted by Gasteiger charge is -2.35. The fourth-order valence-corrected chi connectivity index (χ4v) is 3.87. The summed E-state index contributed by atoms with van der Waals surface area (Å²) in [5.74, 6) is 0.459. The number of carbonyl (C=O) groups excluding carboxylic acids is 1. The van der Waals surface area contributed by atoms with E-state index in [4.69, 9.17) is 4.74 Å². The van der Waals surface area contributed by atoms with Crippen LogP contribution >= 0.6 is 0 Å². The maximum absolute atomic E-state index is 14.0. The largest absolute Gasteiger partial charge is 0.497 e. The Morgan fingerprint density at radius 2 is 2.23 bits per heavy atom. The molecule has 3 heterocycles. The molecule has 2 saturated heterocycles. The fourth-order valence-electron chi connectivity index (χ4n) is 3.87. The highest BCUT2D eigenvalue weighted by atomic mass is 19.1. The topological polar surface area (TPSA) is 57.7 Å². The van der Waals surface area contributed by atoms with Crippen LogP contribution < -0.4 is 15.0 Å². The molecule has 0 radical (unpaired) electrons. The summed E-state index contributed by atoms with van der Waals surface area (Å²) >= 11 is 0. The van der Waals surface area contributed by atoms with Gasteiger partial charge in [0.1, 0.15) is 5.75 Å². The highest BCUT2D eigenvalue weighted by molar-refractivity contribution is 5.76. The molecule has 136 valence electrons. The normalized spacial score (nSPS) is 21.2. The van der Waals surface area contributed by atoms with E-state index >= 15 is 0 Å². The second kappa shape index (κ2) is 6.82. The maximum atomic E-state index is 14.0. The number of nitrogens with zero attached hydrogens (tertiary/aromatic N) is 3. The Morgan fingerprint density at radius 3 is 2.96 bits per heavy atom. The van der Waals surface area contributed by atoms with Gasteiger partial charge in [0.15, 0.2) is 5.82 Å². The third kappa shape index (κ3) is 3.05. The van der Waals surface area contributed by atoms with Gasteiger partial charge in [0.2, 0.25) is 0 Å². The number of carbonyl (C=O) groups is 1. The number of piperazine rings is 1. The average molecular weight is 356 g/mol. The van der Waals surface area contributed by atoms with E-state index < -0.39 is 0 Å². The minimum absolute atomic E-state index is 0.0739. The van der Waals surface area contributed by atoms with Crippen molar-refractivity contribution in [1.82, 2.24) is 15.2 Å². The van der Waals surface area contributed by atoms with Gasteiger partial charge in [-0.15, -0.1) is 0 Å². The smallest absolute Gasteiger partial charge is 0.318 e. The monoisotopic (exact) mass is 356 g/mol. The summed E-state index contributed by atoms with van der Waals surface area (Å²) in [4.78, 5) is 20.3. The second-order valence-electron chi connectivity index (χ2n) is 6.69. The van der Waals surface area contributed by atoms with Crippen molar-refractivity contribution < 1.29 is 13.9 Å². The number of rotatable bonds is 4. The highest BCUT2D eigenvalue weighted by Gasteiger charge is 2.45. The molecule has 1 aromatic heterocycles. The van der Waals surface area contributed by atoms with Crippen LogP contribution in [0.2, 0.25) is 0 Å². The van der Waals surface area contributed by atoms with E-state index in [1.165, 1.54) is 6.20 Å². The zero-order chi connectivity index (χ0) is 18.1. The van der Waals surface area contributed by atoms with E-state index in [1.54, 1.807) is 19.4 Å². The van der Waals surface area contributed by atoms with E-state index in [9.17, 15) is 9.18 Å². The third-order valence-electron chi connectivity index (χ3n) is 5.14. The lowest BCUT2D eigenvalue weighted by Crippen LogP contribution is -2.52. The van der Waals surface area contributed by atoms with Crippen molar-refractivity contribution in [3.05, 3.63) is 54.1 Å². The molecule has 4 rings (SSSR count). The van der Waals surface area contributed by atoms with Gasteiger partial charge < -0.3 is 19.9 Å². The number of likely N-dealkylation sites (tertiary alicyclic amines) is 1. The van der Waals surface area contributed by atoms with Gasteiger partial charge in [-0.05, 0) is 30.2 Å². The Hall–Kier alpha value is -2.83. The second-order valence-corrected chi connectivity index (χ2v) is 6.69. The zero-order valence-corrected chi connectivity index (χ0v) is 14.6. The maximum Gasteiger partial charge on any atom is 0.318 e. The van der Waals surface area contributed by atoms with E-state index in [1.807, 2.05) is 34.1 Å². The lowest BCUT2D eigenvalue weighted by atomic mass is 10.2.